The standard InChI is InChI=1S/C29H29N7O8/c1-35(2)23-22(39)18(26(32)42)24(40)28(11-31)25(41)19-21(38)17-16(8-27(19,33)10-29(23,28)34)15(7-13(9-30)20(17)37)12-4-3-5-14(6-12)36(43)44/h3-7,18-19,23,37H,8-10,30,33-34H2,1-2H3,(H2,32,42)/t18?,19?,23-,27-,28+,29-/m1/s1. The highest BCUT2D eigenvalue weighted by Gasteiger charge is 2.78. The van der Waals surface area contributed by atoms with E-state index in [0.29, 0.717) is 0 Å². The summed E-state index contributed by atoms with van der Waals surface area (Å²) in [5.41, 5.74) is 18.0. The van der Waals surface area contributed by atoms with Gasteiger partial charge in [0.1, 0.15) is 11.7 Å². The molecule has 44 heavy (non-hydrogen) atoms. The van der Waals surface area contributed by atoms with Gasteiger partial charge in [-0.2, -0.15) is 5.26 Å². The van der Waals surface area contributed by atoms with E-state index in [1.165, 1.54) is 43.3 Å². The number of amides is 1. The predicted molar refractivity (Wildman–Crippen MR) is 151 cm³/mol. The predicted octanol–water partition coefficient (Wildman–Crippen LogP) is -1.16. The number of fused-ring (bicyclic) bond motifs is 3. The van der Waals surface area contributed by atoms with Gasteiger partial charge in [-0.3, -0.25) is 39.0 Å². The molecule has 15 heteroatoms. The minimum absolute atomic E-state index is 0.0790. The number of carbonyl (C=O) groups excluding carboxylic acids is 5. The average Bonchev–Trinajstić information content (AvgIpc) is 2.92. The molecule has 2 fully saturated rings. The van der Waals surface area contributed by atoms with Crippen molar-refractivity contribution in [3.8, 4) is 22.9 Å². The van der Waals surface area contributed by atoms with Gasteiger partial charge in [0.05, 0.1) is 28.1 Å². The molecule has 15 nitrogen and oxygen atoms in total. The van der Waals surface area contributed by atoms with Gasteiger partial charge in [0.2, 0.25) is 5.91 Å². The number of hydrogen-bond acceptors (Lipinski definition) is 13. The number of aromatic hydroxyl groups is 1. The number of nitro groups is 1. The third-order valence-electron chi connectivity index (χ3n) is 9.26. The van der Waals surface area contributed by atoms with Crippen molar-refractivity contribution in [3.05, 3.63) is 57.1 Å². The number of non-ortho nitro benzene ring substituents is 1. The van der Waals surface area contributed by atoms with Crippen molar-refractivity contribution in [1.82, 2.24) is 4.90 Å². The molecule has 6 atom stereocenters. The Morgan fingerprint density at radius 1 is 1.18 bits per heavy atom. The lowest BCUT2D eigenvalue weighted by Gasteiger charge is -2.60. The first-order valence-corrected chi connectivity index (χ1v) is 13.5. The number of Topliss-reactive ketones (excluding diaryl/α,β-unsaturated/α-hetero) is 4. The normalized spacial score (nSPS) is 31.2. The summed E-state index contributed by atoms with van der Waals surface area (Å²) < 4.78 is 0. The quantitative estimate of drug-likeness (QED) is 0.153. The van der Waals surface area contributed by atoms with E-state index in [9.17, 15) is 44.5 Å². The van der Waals surface area contributed by atoms with Crippen molar-refractivity contribution < 1.29 is 34.0 Å². The molecule has 0 bridgehead atoms. The summed E-state index contributed by atoms with van der Waals surface area (Å²) in [6, 6.07) is 7.06. The van der Waals surface area contributed by atoms with Crippen LogP contribution in [0.25, 0.3) is 11.1 Å². The molecule has 2 unspecified atom stereocenters. The molecule has 0 heterocycles. The second-order valence-corrected chi connectivity index (χ2v) is 11.9. The third kappa shape index (κ3) is 3.72. The Balaban J connectivity index is 1.81. The van der Waals surface area contributed by atoms with E-state index in [-0.39, 0.29) is 46.5 Å². The van der Waals surface area contributed by atoms with Crippen molar-refractivity contribution in [2.75, 3.05) is 14.1 Å². The number of phenols is 1. The van der Waals surface area contributed by atoms with E-state index >= 15 is 0 Å². The Bertz CT molecular complexity index is 1770. The Morgan fingerprint density at radius 2 is 1.84 bits per heavy atom. The van der Waals surface area contributed by atoms with E-state index in [0.717, 1.165) is 0 Å². The fourth-order valence-corrected chi connectivity index (χ4v) is 7.53. The number of carbonyl (C=O) groups is 5. The van der Waals surface area contributed by atoms with Gasteiger partial charge in [-0.1, -0.05) is 12.1 Å². The summed E-state index contributed by atoms with van der Waals surface area (Å²) in [7, 11) is 2.81. The van der Waals surface area contributed by atoms with Crippen LogP contribution in [-0.4, -0.2) is 75.2 Å². The molecule has 228 valence electrons. The molecule has 0 saturated heterocycles. The minimum atomic E-state index is -2.87. The van der Waals surface area contributed by atoms with Gasteiger partial charge in [0.25, 0.3) is 5.69 Å². The molecule has 1 amide bonds. The zero-order valence-corrected chi connectivity index (χ0v) is 23.7. The fraction of sp³-hybridized carbons (Fsp3) is 0.379. The molecule has 2 saturated carbocycles. The van der Waals surface area contributed by atoms with Crippen molar-refractivity contribution in [3.63, 3.8) is 0 Å². The van der Waals surface area contributed by atoms with Crippen molar-refractivity contribution in [1.29, 1.82) is 5.26 Å². The van der Waals surface area contributed by atoms with Gasteiger partial charge >= 0.3 is 0 Å². The Kier molecular flexibility index (Phi) is 6.83. The smallest absolute Gasteiger partial charge is 0.270 e. The van der Waals surface area contributed by atoms with Crippen molar-refractivity contribution >= 4 is 34.7 Å². The topological polar surface area (TPSA) is 280 Å². The first-order chi connectivity index (χ1) is 20.5. The highest BCUT2D eigenvalue weighted by molar-refractivity contribution is 6.33. The fourth-order valence-electron chi connectivity index (χ4n) is 7.53. The summed E-state index contributed by atoms with van der Waals surface area (Å²) >= 11 is 0. The zero-order valence-electron chi connectivity index (χ0n) is 23.7. The summed E-state index contributed by atoms with van der Waals surface area (Å²) in [5.74, 6) is -10.8. The minimum Gasteiger partial charge on any atom is -0.507 e. The molecule has 3 aliphatic rings. The number of hydrogen-bond donors (Lipinski definition) is 5. The number of ketones is 4. The lowest BCUT2D eigenvalue weighted by molar-refractivity contribution is -0.384. The SMILES string of the molecule is CN(C)[C@@H]1C(=O)C(C(N)=O)C(=O)[C@@]2(C#N)C(=O)C3C(=O)c4c(O)c(CN)cc(-c5cccc([N+](=O)[O-])c5)c4C[C@@]3(N)C[C@@]12N. The molecule has 0 aromatic heterocycles. The van der Waals surface area contributed by atoms with Gasteiger partial charge in [0.15, 0.2) is 34.5 Å². The molecule has 0 spiro atoms. The number of likely N-dealkylation sites (N-methyl/N-ethyl adjacent to an activating group) is 1. The molecule has 5 rings (SSSR count). The largest absolute Gasteiger partial charge is 0.507 e. The molecular formula is C29H29N7O8. The van der Waals surface area contributed by atoms with Crippen LogP contribution < -0.4 is 22.9 Å². The number of nitrogens with two attached hydrogens (primary N) is 4. The van der Waals surface area contributed by atoms with Crippen LogP contribution in [0.1, 0.15) is 27.9 Å². The molecular weight excluding hydrogens is 574 g/mol. The van der Waals surface area contributed by atoms with Crippen LogP contribution in [0.3, 0.4) is 0 Å². The average molecular weight is 604 g/mol. The Morgan fingerprint density at radius 3 is 2.39 bits per heavy atom. The van der Waals surface area contributed by atoms with Gasteiger partial charge in [-0.15, -0.1) is 0 Å². The van der Waals surface area contributed by atoms with Crippen LogP contribution in [0.4, 0.5) is 5.69 Å². The highest BCUT2D eigenvalue weighted by atomic mass is 16.6. The van der Waals surface area contributed by atoms with E-state index in [1.54, 1.807) is 12.1 Å². The number of nitriles is 1. The van der Waals surface area contributed by atoms with Crippen LogP contribution in [0, 0.1) is 38.7 Å². The maximum absolute atomic E-state index is 14.5. The monoisotopic (exact) mass is 603 g/mol. The van der Waals surface area contributed by atoms with Crippen LogP contribution in [0.2, 0.25) is 0 Å². The second kappa shape index (κ2) is 9.82. The molecule has 0 radical (unpaired) electrons. The molecule has 9 N–H and O–H groups in total. The van der Waals surface area contributed by atoms with Crippen LogP contribution in [-0.2, 0) is 32.1 Å². The Hall–Kier alpha value is -4.88. The lowest BCUT2D eigenvalue weighted by atomic mass is 9.42. The summed E-state index contributed by atoms with van der Waals surface area (Å²) in [6.07, 6.45) is -0.919. The zero-order chi connectivity index (χ0) is 32.7. The van der Waals surface area contributed by atoms with E-state index in [1.807, 2.05) is 0 Å². The number of primary amides is 1. The molecule has 2 aromatic rings. The summed E-state index contributed by atoms with van der Waals surface area (Å²) in [6.45, 7) is -0.264. The molecule has 2 aromatic carbocycles. The van der Waals surface area contributed by atoms with Crippen LogP contribution in [0.15, 0.2) is 30.3 Å². The number of nitro benzene ring substituents is 1. The summed E-state index contributed by atoms with van der Waals surface area (Å²) in [5, 5.41) is 33.2. The van der Waals surface area contributed by atoms with Gasteiger partial charge in [-0.05, 0) is 49.7 Å². The van der Waals surface area contributed by atoms with Crippen LogP contribution >= 0.6 is 0 Å². The highest BCUT2D eigenvalue weighted by Crippen LogP contribution is 2.57. The van der Waals surface area contributed by atoms with Crippen molar-refractivity contribution in [2.45, 2.75) is 36.5 Å². The van der Waals surface area contributed by atoms with Gasteiger partial charge < -0.3 is 28.0 Å². The van der Waals surface area contributed by atoms with E-state index < -0.39 is 80.5 Å². The van der Waals surface area contributed by atoms with Crippen LogP contribution in [0.5, 0.6) is 5.75 Å². The number of rotatable bonds is 5. The maximum Gasteiger partial charge on any atom is 0.270 e. The lowest BCUT2D eigenvalue weighted by Crippen LogP contribution is -2.85. The third-order valence-corrected chi connectivity index (χ3v) is 9.26. The van der Waals surface area contributed by atoms with E-state index in [2.05, 4.69) is 0 Å². The Labute approximate surface area is 249 Å². The summed E-state index contributed by atoms with van der Waals surface area (Å²) in [4.78, 5) is 80.7. The number of nitrogens with zero attached hydrogens (tertiary/aromatic N) is 3. The number of benzene rings is 2. The molecule has 3 aliphatic carbocycles. The first-order valence-electron chi connectivity index (χ1n) is 13.5. The van der Waals surface area contributed by atoms with Crippen molar-refractivity contribution in [2.24, 2.45) is 40.2 Å². The maximum atomic E-state index is 14.5. The second-order valence-electron chi connectivity index (χ2n) is 11.9. The van der Waals surface area contributed by atoms with E-state index in [4.69, 9.17) is 22.9 Å². The number of phenolic OH excluding ortho intramolecular Hbond substituents is 1. The van der Waals surface area contributed by atoms with Gasteiger partial charge in [0, 0.05) is 29.8 Å². The first kappa shape index (κ1) is 30.6. The molecule has 0 aliphatic heterocycles. The van der Waals surface area contributed by atoms with Gasteiger partial charge in [-0.25, -0.2) is 0 Å².